The number of hydrogen-bond acceptors (Lipinski definition) is 8. The van der Waals surface area contributed by atoms with Gasteiger partial charge < -0.3 is 35.5 Å². The van der Waals surface area contributed by atoms with Gasteiger partial charge in [-0.1, -0.05) is 54.6 Å². The first kappa shape index (κ1) is 37.7. The van der Waals surface area contributed by atoms with E-state index in [0.29, 0.717) is 50.3 Å². The molecule has 0 aromatic heterocycles. The van der Waals surface area contributed by atoms with E-state index in [9.17, 15) is 19.2 Å². The molecular weight excluding hydrogens is 693 g/mol. The predicted molar refractivity (Wildman–Crippen MR) is 207 cm³/mol. The summed E-state index contributed by atoms with van der Waals surface area (Å²) in [6.07, 6.45) is 1.49. The van der Waals surface area contributed by atoms with Crippen LogP contribution in [0.5, 0.6) is 17.2 Å². The Morgan fingerprint density at radius 1 is 0.623 bits per heavy atom. The molecular formula is C41H38N4O7S. The van der Waals surface area contributed by atoms with Crippen LogP contribution < -0.4 is 35.5 Å². The third kappa shape index (κ3) is 10.3. The first-order valence-electron chi connectivity index (χ1n) is 16.4. The molecule has 0 fully saturated rings. The van der Waals surface area contributed by atoms with Gasteiger partial charge in [0.05, 0.1) is 21.3 Å². The number of rotatable bonds is 14. The van der Waals surface area contributed by atoms with Gasteiger partial charge >= 0.3 is 0 Å². The lowest BCUT2D eigenvalue weighted by Crippen LogP contribution is -2.30. The zero-order valence-electron chi connectivity index (χ0n) is 29.5. The molecule has 5 rings (SSSR count). The van der Waals surface area contributed by atoms with Crippen LogP contribution >= 0.6 is 11.8 Å². The second-order valence-electron chi connectivity index (χ2n) is 11.5. The summed E-state index contributed by atoms with van der Waals surface area (Å²) in [7, 11) is 4.48. The fourth-order valence-electron chi connectivity index (χ4n) is 5.19. The topological polar surface area (TPSA) is 144 Å². The maximum absolute atomic E-state index is 13.9. The van der Waals surface area contributed by atoms with Gasteiger partial charge in [0.15, 0.2) is 11.5 Å². The second-order valence-corrected chi connectivity index (χ2v) is 12.6. The van der Waals surface area contributed by atoms with Crippen molar-refractivity contribution in [3.8, 4) is 17.2 Å². The molecule has 270 valence electrons. The molecule has 53 heavy (non-hydrogen) atoms. The molecule has 0 saturated carbocycles. The summed E-state index contributed by atoms with van der Waals surface area (Å²) in [4.78, 5) is 53.0. The number of nitrogens with one attached hydrogen (secondary N) is 4. The summed E-state index contributed by atoms with van der Waals surface area (Å²) >= 11 is 1.31. The molecule has 1 atom stereocenters. The Hall–Kier alpha value is -6.53. The van der Waals surface area contributed by atoms with Gasteiger partial charge in [-0.3, -0.25) is 19.2 Å². The summed E-state index contributed by atoms with van der Waals surface area (Å²) < 4.78 is 16.4. The van der Waals surface area contributed by atoms with E-state index in [2.05, 4.69) is 21.3 Å². The van der Waals surface area contributed by atoms with Crippen molar-refractivity contribution in [1.29, 1.82) is 0 Å². The van der Waals surface area contributed by atoms with E-state index in [0.717, 1.165) is 5.56 Å². The van der Waals surface area contributed by atoms with Crippen molar-refractivity contribution in [2.24, 2.45) is 0 Å². The van der Waals surface area contributed by atoms with Gasteiger partial charge in [-0.15, -0.1) is 11.8 Å². The highest BCUT2D eigenvalue weighted by molar-refractivity contribution is 8.00. The van der Waals surface area contributed by atoms with Gasteiger partial charge in [-0.25, -0.2) is 0 Å². The molecule has 0 heterocycles. The number of ether oxygens (including phenoxy) is 3. The maximum Gasteiger partial charge on any atom is 0.272 e. The SMILES string of the molecule is COc1cc(OC)c(OC)cc1/C=C(/NC(=O)c1ccccc1)C(=O)Nc1cccc(SC(C(=O)Nc2ccc(NC(C)=O)cc2)c2ccccc2)c1. The van der Waals surface area contributed by atoms with Gasteiger partial charge in [-0.2, -0.15) is 0 Å². The highest BCUT2D eigenvalue weighted by Crippen LogP contribution is 2.38. The number of hydrogen-bond donors (Lipinski definition) is 4. The van der Waals surface area contributed by atoms with Gasteiger partial charge in [0.2, 0.25) is 11.8 Å². The van der Waals surface area contributed by atoms with E-state index in [1.165, 1.54) is 46.1 Å². The summed E-state index contributed by atoms with van der Waals surface area (Å²) in [6.45, 7) is 1.43. The molecule has 0 saturated heterocycles. The third-order valence-electron chi connectivity index (χ3n) is 7.72. The first-order chi connectivity index (χ1) is 25.7. The smallest absolute Gasteiger partial charge is 0.272 e. The van der Waals surface area contributed by atoms with E-state index in [-0.39, 0.29) is 17.5 Å². The largest absolute Gasteiger partial charge is 0.496 e. The zero-order valence-corrected chi connectivity index (χ0v) is 30.3. The Labute approximate surface area is 311 Å². The molecule has 5 aromatic carbocycles. The van der Waals surface area contributed by atoms with Crippen molar-refractivity contribution >= 4 is 58.5 Å². The fourth-order valence-corrected chi connectivity index (χ4v) is 6.28. The van der Waals surface area contributed by atoms with Crippen molar-refractivity contribution in [2.75, 3.05) is 37.3 Å². The summed E-state index contributed by atoms with van der Waals surface area (Å²) in [5, 5.41) is 10.6. The highest BCUT2D eigenvalue weighted by atomic mass is 32.2. The van der Waals surface area contributed by atoms with Crippen LogP contribution in [0.2, 0.25) is 0 Å². The molecule has 0 radical (unpaired) electrons. The molecule has 5 aromatic rings. The zero-order chi connectivity index (χ0) is 37.7. The van der Waals surface area contributed by atoms with E-state index in [4.69, 9.17) is 14.2 Å². The molecule has 0 aliphatic heterocycles. The minimum atomic E-state index is -0.657. The Morgan fingerprint density at radius 2 is 1.23 bits per heavy atom. The molecule has 0 aliphatic carbocycles. The molecule has 4 amide bonds. The molecule has 0 bridgehead atoms. The Bertz CT molecular complexity index is 2110. The molecule has 0 spiro atoms. The quantitative estimate of drug-likeness (QED) is 0.0678. The van der Waals surface area contributed by atoms with Gasteiger partial charge in [-0.05, 0) is 72.3 Å². The Morgan fingerprint density at radius 3 is 1.85 bits per heavy atom. The molecule has 4 N–H and O–H groups in total. The van der Waals surface area contributed by atoms with Crippen molar-refractivity contribution < 1.29 is 33.4 Å². The maximum atomic E-state index is 13.9. The lowest BCUT2D eigenvalue weighted by atomic mass is 10.1. The number of carbonyl (C=O) groups is 4. The van der Waals surface area contributed by atoms with Gasteiger partial charge in [0.1, 0.15) is 16.7 Å². The first-order valence-corrected chi connectivity index (χ1v) is 17.2. The number of anilines is 3. The number of carbonyl (C=O) groups excluding carboxylic acids is 4. The van der Waals surface area contributed by atoms with Crippen LogP contribution in [-0.2, 0) is 14.4 Å². The van der Waals surface area contributed by atoms with Crippen LogP contribution in [0.3, 0.4) is 0 Å². The minimum absolute atomic E-state index is 0.0616. The Balaban J connectivity index is 1.41. The highest BCUT2D eigenvalue weighted by Gasteiger charge is 2.23. The lowest BCUT2D eigenvalue weighted by Gasteiger charge is -2.18. The predicted octanol–water partition coefficient (Wildman–Crippen LogP) is 7.55. The van der Waals surface area contributed by atoms with Crippen LogP contribution in [0.25, 0.3) is 6.08 Å². The summed E-state index contributed by atoms with van der Waals surface area (Å²) in [6, 6.07) is 35.1. The average Bonchev–Trinajstić information content (AvgIpc) is 3.17. The Kier molecular flexibility index (Phi) is 12.9. The minimum Gasteiger partial charge on any atom is -0.496 e. The van der Waals surface area contributed by atoms with Crippen LogP contribution in [-0.4, -0.2) is 45.0 Å². The summed E-state index contributed by atoms with van der Waals surface area (Å²) in [5.41, 5.74) is 3.14. The number of methoxy groups -OCH3 is 3. The van der Waals surface area contributed by atoms with E-state index in [1.54, 1.807) is 84.9 Å². The van der Waals surface area contributed by atoms with Crippen LogP contribution in [0, 0.1) is 0 Å². The molecule has 11 nitrogen and oxygen atoms in total. The fraction of sp³-hybridized carbons (Fsp3) is 0.122. The normalized spacial score (nSPS) is 11.4. The summed E-state index contributed by atoms with van der Waals surface area (Å²) in [5.74, 6) is -0.335. The van der Waals surface area contributed by atoms with Crippen LogP contribution in [0.15, 0.2) is 132 Å². The number of benzene rings is 5. The van der Waals surface area contributed by atoms with Crippen molar-refractivity contribution in [3.05, 3.63) is 144 Å². The third-order valence-corrected chi connectivity index (χ3v) is 8.97. The van der Waals surface area contributed by atoms with E-state index >= 15 is 0 Å². The van der Waals surface area contributed by atoms with Gasteiger partial charge in [0.25, 0.3) is 11.8 Å². The van der Waals surface area contributed by atoms with Crippen molar-refractivity contribution in [3.63, 3.8) is 0 Å². The van der Waals surface area contributed by atoms with Crippen LogP contribution in [0.4, 0.5) is 17.1 Å². The van der Waals surface area contributed by atoms with E-state index < -0.39 is 17.1 Å². The number of thioether (sulfide) groups is 1. The number of amides is 4. The van der Waals surface area contributed by atoms with E-state index in [1.807, 2.05) is 36.4 Å². The van der Waals surface area contributed by atoms with Gasteiger partial charge in [0, 0.05) is 46.1 Å². The van der Waals surface area contributed by atoms with Crippen LogP contribution in [0.1, 0.15) is 33.7 Å². The lowest BCUT2D eigenvalue weighted by molar-refractivity contribution is -0.116. The van der Waals surface area contributed by atoms with Crippen molar-refractivity contribution in [2.45, 2.75) is 17.1 Å². The monoisotopic (exact) mass is 730 g/mol. The van der Waals surface area contributed by atoms with Crippen molar-refractivity contribution in [1.82, 2.24) is 5.32 Å². The molecule has 12 heteroatoms. The molecule has 0 aliphatic rings. The standard InChI is InChI=1S/C41H38N4O7S/c1-26(46)42-30-18-20-31(21-19-30)43-41(49)38(27-12-7-5-8-13-27)53-33-17-11-16-32(24-33)44-40(48)34(45-39(47)28-14-9-6-10-15-28)22-29-23-36(51-3)37(52-4)25-35(29)50-2/h5-25,38H,1-4H3,(H,42,46)(H,43,49)(H,44,48)(H,45,47)/b34-22+. The second kappa shape index (κ2) is 18.1. The average molecular weight is 731 g/mol. The molecule has 1 unspecified atom stereocenters.